The molecule has 3 fully saturated rings. The van der Waals surface area contributed by atoms with Gasteiger partial charge in [-0.15, -0.1) is 11.3 Å². The molecule has 1 unspecified atom stereocenters. The van der Waals surface area contributed by atoms with E-state index in [9.17, 15) is 22.6 Å². The van der Waals surface area contributed by atoms with Crippen LogP contribution in [0.15, 0.2) is 24.3 Å². The SMILES string of the molecule is C=O.CN1CC2(C1)CS(=O)C2.CN1CCCC1CCCCCC=O.NC(=O)c1cc2cc(C(F)(F)P(O)O)ccc2s1. The molecule has 3 aliphatic heterocycles. The van der Waals surface area contributed by atoms with Crippen molar-refractivity contribution >= 4 is 59.6 Å². The fourth-order valence-electron chi connectivity index (χ4n) is 5.52. The highest BCUT2D eigenvalue weighted by molar-refractivity contribution is 7.86. The van der Waals surface area contributed by atoms with E-state index in [1.54, 1.807) is 0 Å². The van der Waals surface area contributed by atoms with Gasteiger partial charge in [0, 0.05) is 63.5 Å². The number of aldehydes is 1. The van der Waals surface area contributed by atoms with Crippen LogP contribution >= 0.6 is 19.7 Å². The summed E-state index contributed by atoms with van der Waals surface area (Å²) in [7, 11) is 0.489. The largest absolute Gasteiger partial charge is 0.365 e. The van der Waals surface area contributed by atoms with Gasteiger partial charge in [-0.05, 0) is 69.9 Å². The number of alkyl halides is 2. The number of primary amides is 1. The molecular formula is C28H42F2N3O6PS2. The Labute approximate surface area is 253 Å². The molecular weight excluding hydrogens is 607 g/mol. The molecule has 3 saturated heterocycles. The number of nitrogens with two attached hydrogens (primary N) is 1. The molecule has 0 bridgehead atoms. The number of carbonyl (C=O) groups excluding carboxylic acids is 3. The van der Waals surface area contributed by atoms with Crippen LogP contribution in [0.25, 0.3) is 10.1 Å². The lowest BCUT2D eigenvalue weighted by Gasteiger charge is -2.53. The van der Waals surface area contributed by atoms with Gasteiger partial charge in [-0.1, -0.05) is 18.9 Å². The second kappa shape index (κ2) is 16.9. The van der Waals surface area contributed by atoms with Gasteiger partial charge in [0.2, 0.25) is 8.38 Å². The third-order valence-electron chi connectivity index (χ3n) is 7.53. The molecule has 1 atom stereocenters. The first-order valence-corrected chi connectivity index (χ1v) is 17.3. The van der Waals surface area contributed by atoms with E-state index in [1.807, 2.05) is 6.79 Å². The summed E-state index contributed by atoms with van der Waals surface area (Å²) < 4.78 is 38.2. The molecule has 4 N–H and O–H groups in total. The Kier molecular flexibility index (Phi) is 14.7. The molecule has 1 amide bonds. The minimum atomic E-state index is -3.70. The van der Waals surface area contributed by atoms with Gasteiger partial charge in [-0.2, -0.15) is 8.78 Å². The highest BCUT2D eigenvalue weighted by Gasteiger charge is 2.50. The minimum absolute atomic E-state index is 0.265. The van der Waals surface area contributed by atoms with Gasteiger partial charge in [0.1, 0.15) is 13.1 Å². The van der Waals surface area contributed by atoms with Gasteiger partial charge in [0.05, 0.1) is 4.88 Å². The molecule has 236 valence electrons. The van der Waals surface area contributed by atoms with Crippen LogP contribution in [0.5, 0.6) is 0 Å². The van der Waals surface area contributed by atoms with Gasteiger partial charge in [0.25, 0.3) is 5.91 Å². The first kappa shape index (κ1) is 36.5. The zero-order valence-electron chi connectivity index (χ0n) is 24.2. The predicted octanol–water partition coefficient (Wildman–Crippen LogP) is 4.07. The average Bonchev–Trinajstić information content (AvgIpc) is 3.54. The average molecular weight is 650 g/mol. The predicted molar refractivity (Wildman–Crippen MR) is 165 cm³/mol. The van der Waals surface area contributed by atoms with Crippen LogP contribution in [0, 0.1) is 5.41 Å². The quantitative estimate of drug-likeness (QED) is 0.210. The smallest absolute Gasteiger partial charge is 0.339 e. The molecule has 4 heterocycles. The molecule has 3 aliphatic rings. The number of thiophene rings is 1. The van der Waals surface area contributed by atoms with Crippen molar-refractivity contribution in [3.63, 3.8) is 0 Å². The molecule has 0 saturated carbocycles. The number of benzene rings is 1. The number of unbranched alkanes of at least 4 members (excludes halogenated alkanes) is 3. The molecule has 0 radical (unpaired) electrons. The standard InChI is InChI=1S/C11H21NO.C10H8F2NO3PS.C6H11NOS.CH2O/c1-12-9-6-8-11(12)7-4-2-3-5-10-13;11-10(12,17(15)16)6-1-2-7-5(3-6)4-8(18-7)9(13)14;1-7-2-6(3-7)4-9(8)5-6;1-2/h10-11H,2-9H2,1H3;1-4,15-16H,(H2,13,14);2-5H2,1H3;1H2. The van der Waals surface area contributed by atoms with E-state index < -0.39 is 36.3 Å². The molecule has 14 heteroatoms. The summed E-state index contributed by atoms with van der Waals surface area (Å²) in [4.78, 5) is 51.5. The molecule has 2 aromatic rings. The Balaban J connectivity index is 0.000000225. The molecule has 1 aromatic heterocycles. The van der Waals surface area contributed by atoms with Crippen molar-refractivity contribution < 1.29 is 37.2 Å². The number of amides is 1. The molecule has 42 heavy (non-hydrogen) atoms. The van der Waals surface area contributed by atoms with Crippen LogP contribution in [-0.4, -0.2) is 94.1 Å². The third-order valence-corrected chi connectivity index (χ3v) is 11.3. The molecule has 1 spiro atoms. The highest BCUT2D eigenvalue weighted by atomic mass is 32.2. The van der Waals surface area contributed by atoms with Crippen LogP contribution in [0.4, 0.5) is 8.78 Å². The zero-order valence-corrected chi connectivity index (χ0v) is 26.7. The van der Waals surface area contributed by atoms with Crippen LogP contribution in [0.1, 0.15) is 60.2 Å². The number of nitrogens with zero attached hydrogens (tertiary/aromatic N) is 2. The lowest BCUT2D eigenvalue weighted by molar-refractivity contribution is -0.108. The van der Waals surface area contributed by atoms with E-state index in [0.717, 1.165) is 60.1 Å². The van der Waals surface area contributed by atoms with E-state index in [-0.39, 0.29) is 4.88 Å². The maximum Gasteiger partial charge on any atom is 0.339 e. The first-order valence-electron chi connectivity index (χ1n) is 13.7. The second-order valence-corrected chi connectivity index (χ2v) is 14.7. The van der Waals surface area contributed by atoms with Crippen LogP contribution in [0.3, 0.4) is 0 Å². The lowest BCUT2D eigenvalue weighted by Crippen LogP contribution is -2.65. The van der Waals surface area contributed by atoms with E-state index in [0.29, 0.717) is 15.5 Å². The van der Waals surface area contributed by atoms with E-state index >= 15 is 0 Å². The summed E-state index contributed by atoms with van der Waals surface area (Å²) in [6.07, 6.45) is 9.46. The maximum atomic E-state index is 13.4. The lowest BCUT2D eigenvalue weighted by atomic mass is 9.83. The van der Waals surface area contributed by atoms with Crippen molar-refractivity contribution in [2.75, 3.05) is 45.2 Å². The van der Waals surface area contributed by atoms with Gasteiger partial charge in [0.15, 0.2) is 0 Å². The van der Waals surface area contributed by atoms with E-state index in [4.69, 9.17) is 20.3 Å². The van der Waals surface area contributed by atoms with Gasteiger partial charge in [-0.3, -0.25) is 9.00 Å². The van der Waals surface area contributed by atoms with Crippen molar-refractivity contribution in [2.24, 2.45) is 11.1 Å². The normalized spacial score (nSPS) is 19.9. The zero-order chi connectivity index (χ0) is 31.5. The fraction of sp³-hybridized carbons (Fsp3) is 0.607. The Hall–Kier alpha value is -1.73. The highest BCUT2D eigenvalue weighted by Crippen LogP contribution is 2.53. The summed E-state index contributed by atoms with van der Waals surface area (Å²) in [6.45, 7) is 5.64. The number of halogens is 2. The molecule has 1 aromatic carbocycles. The minimum Gasteiger partial charge on any atom is -0.365 e. The second-order valence-electron chi connectivity index (χ2n) is 11.0. The van der Waals surface area contributed by atoms with Crippen LogP contribution in [0.2, 0.25) is 0 Å². The van der Waals surface area contributed by atoms with E-state index in [2.05, 4.69) is 23.9 Å². The topological polar surface area (TPSA) is 141 Å². The Morgan fingerprint density at radius 1 is 1.21 bits per heavy atom. The van der Waals surface area contributed by atoms with Gasteiger partial charge in [-0.25, -0.2) is 0 Å². The third kappa shape index (κ3) is 10.2. The Morgan fingerprint density at radius 3 is 2.38 bits per heavy atom. The number of fused-ring (bicyclic) bond motifs is 1. The number of hydrogen-bond donors (Lipinski definition) is 3. The maximum absolute atomic E-state index is 13.4. The van der Waals surface area contributed by atoms with Crippen LogP contribution < -0.4 is 5.73 Å². The van der Waals surface area contributed by atoms with Crippen molar-refractivity contribution in [1.29, 1.82) is 0 Å². The van der Waals surface area contributed by atoms with Crippen molar-refractivity contribution in [3.8, 4) is 0 Å². The van der Waals surface area contributed by atoms with Crippen molar-refractivity contribution in [1.82, 2.24) is 9.80 Å². The van der Waals surface area contributed by atoms with Gasteiger partial charge < -0.3 is 34.9 Å². The van der Waals surface area contributed by atoms with E-state index in [1.165, 1.54) is 63.9 Å². The Bertz CT molecular complexity index is 1190. The molecule has 0 aliphatic carbocycles. The molecule has 5 rings (SSSR count). The summed E-state index contributed by atoms with van der Waals surface area (Å²) >= 11 is 1.09. The monoisotopic (exact) mass is 649 g/mol. The number of likely N-dealkylation sites (tertiary alicyclic amines) is 2. The van der Waals surface area contributed by atoms with Crippen molar-refractivity contribution in [2.45, 2.75) is 56.7 Å². The van der Waals surface area contributed by atoms with Gasteiger partial charge >= 0.3 is 5.66 Å². The van der Waals surface area contributed by atoms with Crippen molar-refractivity contribution in [3.05, 3.63) is 34.7 Å². The summed E-state index contributed by atoms with van der Waals surface area (Å²) in [5.74, 6) is 1.31. The van der Waals surface area contributed by atoms with Crippen LogP contribution in [-0.2, 0) is 26.1 Å². The molecule has 9 nitrogen and oxygen atoms in total. The Morgan fingerprint density at radius 2 is 1.88 bits per heavy atom. The number of hydrogen-bond acceptors (Lipinski definition) is 9. The fourth-order valence-corrected chi connectivity index (χ4v) is 8.43. The number of rotatable bonds is 9. The summed E-state index contributed by atoms with van der Waals surface area (Å²) in [5.41, 5.74) is 1.41. The summed E-state index contributed by atoms with van der Waals surface area (Å²) in [6, 6.07) is 5.86. The first-order chi connectivity index (χ1) is 19.9. The summed E-state index contributed by atoms with van der Waals surface area (Å²) in [5, 5.41) is 0.419. The number of carbonyl (C=O) groups is 3.